The summed E-state index contributed by atoms with van der Waals surface area (Å²) in [5, 5.41) is 3.00. The highest BCUT2D eigenvalue weighted by Crippen LogP contribution is 2.17. The molecule has 104 valence electrons. The van der Waals surface area contributed by atoms with E-state index in [9.17, 15) is 4.79 Å². The van der Waals surface area contributed by atoms with Crippen molar-refractivity contribution in [2.75, 3.05) is 0 Å². The van der Waals surface area contributed by atoms with Crippen molar-refractivity contribution in [2.45, 2.75) is 26.4 Å². The number of aryl methyl sites for hydroxylation is 1. The first kappa shape index (κ1) is 14.2. The van der Waals surface area contributed by atoms with E-state index >= 15 is 0 Å². The number of hydrogen-bond donors (Lipinski definition) is 2. The van der Waals surface area contributed by atoms with Crippen molar-refractivity contribution in [1.82, 2.24) is 10.3 Å². The van der Waals surface area contributed by atoms with Gasteiger partial charge in [0.1, 0.15) is 0 Å². The Labute approximate surface area is 119 Å². The minimum atomic E-state index is -0.113. The second-order valence-electron chi connectivity index (χ2n) is 4.79. The van der Waals surface area contributed by atoms with Crippen molar-refractivity contribution in [2.24, 2.45) is 5.73 Å². The zero-order valence-corrected chi connectivity index (χ0v) is 11.8. The Kier molecular flexibility index (Phi) is 4.48. The van der Waals surface area contributed by atoms with Gasteiger partial charge in [0, 0.05) is 18.3 Å². The number of carbonyl (C=O) groups is 1. The minimum absolute atomic E-state index is 0.0433. The van der Waals surface area contributed by atoms with Gasteiger partial charge in [0.2, 0.25) is 0 Å². The summed E-state index contributed by atoms with van der Waals surface area (Å²) in [6.45, 7) is 4.34. The molecule has 0 saturated heterocycles. The van der Waals surface area contributed by atoms with Crippen molar-refractivity contribution < 1.29 is 4.79 Å². The molecule has 0 radical (unpaired) electrons. The monoisotopic (exact) mass is 269 g/mol. The Balaban J connectivity index is 2.13. The van der Waals surface area contributed by atoms with E-state index in [0.717, 1.165) is 11.1 Å². The van der Waals surface area contributed by atoms with E-state index in [-0.39, 0.29) is 11.9 Å². The number of nitrogens with two attached hydrogens (primary N) is 1. The van der Waals surface area contributed by atoms with E-state index in [1.165, 1.54) is 0 Å². The number of carbonyl (C=O) groups excluding carboxylic acids is 1. The summed E-state index contributed by atoms with van der Waals surface area (Å²) in [7, 11) is 0. The summed E-state index contributed by atoms with van der Waals surface area (Å²) in [4.78, 5) is 16.3. The maximum atomic E-state index is 12.2. The molecular weight excluding hydrogens is 250 g/mol. The molecular formula is C16H19N3O. The third kappa shape index (κ3) is 3.22. The first-order valence-electron chi connectivity index (χ1n) is 6.63. The Morgan fingerprint density at radius 3 is 2.80 bits per heavy atom. The lowest BCUT2D eigenvalue weighted by molar-refractivity contribution is 0.0939. The smallest absolute Gasteiger partial charge is 0.251 e. The van der Waals surface area contributed by atoms with Gasteiger partial charge in [-0.3, -0.25) is 9.78 Å². The number of hydrogen-bond acceptors (Lipinski definition) is 3. The number of pyridine rings is 1. The molecule has 4 nitrogen and oxygen atoms in total. The fraction of sp³-hybridized carbons (Fsp3) is 0.250. The van der Waals surface area contributed by atoms with Crippen LogP contribution in [0.25, 0.3) is 0 Å². The Hall–Kier alpha value is -2.20. The molecule has 0 aliphatic rings. The van der Waals surface area contributed by atoms with E-state index < -0.39 is 0 Å². The molecule has 1 amide bonds. The molecule has 1 aromatic heterocycles. The van der Waals surface area contributed by atoms with Crippen molar-refractivity contribution >= 4 is 5.91 Å². The summed E-state index contributed by atoms with van der Waals surface area (Å²) in [6.07, 6.45) is 1.61. The molecule has 3 N–H and O–H groups in total. The number of amides is 1. The molecule has 0 spiro atoms. The average Bonchev–Trinajstić information content (AvgIpc) is 2.47. The van der Waals surface area contributed by atoms with Gasteiger partial charge in [-0.1, -0.05) is 24.3 Å². The van der Waals surface area contributed by atoms with Crippen LogP contribution in [0.5, 0.6) is 0 Å². The van der Waals surface area contributed by atoms with Crippen molar-refractivity contribution in [3.63, 3.8) is 0 Å². The van der Waals surface area contributed by atoms with Crippen LogP contribution in [0.2, 0.25) is 0 Å². The molecule has 0 bridgehead atoms. The highest BCUT2D eigenvalue weighted by atomic mass is 16.1. The largest absolute Gasteiger partial charge is 0.346 e. The number of rotatable bonds is 4. The van der Waals surface area contributed by atoms with Crippen molar-refractivity contribution in [3.8, 4) is 0 Å². The van der Waals surface area contributed by atoms with Crippen LogP contribution >= 0.6 is 0 Å². The molecule has 0 unspecified atom stereocenters. The maximum absolute atomic E-state index is 12.2. The lowest BCUT2D eigenvalue weighted by Gasteiger charge is -2.16. The van der Waals surface area contributed by atoms with Gasteiger partial charge >= 0.3 is 0 Å². The highest BCUT2D eigenvalue weighted by Gasteiger charge is 2.13. The second-order valence-corrected chi connectivity index (χ2v) is 4.79. The van der Waals surface area contributed by atoms with Crippen LogP contribution in [0, 0.1) is 6.92 Å². The predicted octanol–water partition coefficient (Wildman–Crippen LogP) is 2.34. The Morgan fingerprint density at radius 2 is 2.10 bits per heavy atom. The number of nitrogens with one attached hydrogen (secondary N) is 1. The predicted molar refractivity (Wildman–Crippen MR) is 79.2 cm³/mol. The molecule has 0 aliphatic heterocycles. The number of benzene rings is 1. The van der Waals surface area contributed by atoms with Gasteiger partial charge in [0.15, 0.2) is 0 Å². The zero-order chi connectivity index (χ0) is 14.5. The summed E-state index contributed by atoms with van der Waals surface area (Å²) in [6, 6.07) is 11.4. The van der Waals surface area contributed by atoms with Gasteiger partial charge in [-0.2, -0.15) is 0 Å². The SMILES string of the molecule is Cc1ccccc1[C@H](C)NC(=O)c1ccnc(CN)c1. The summed E-state index contributed by atoms with van der Waals surface area (Å²) < 4.78 is 0. The third-order valence-electron chi connectivity index (χ3n) is 3.29. The van der Waals surface area contributed by atoms with E-state index in [1.54, 1.807) is 18.3 Å². The van der Waals surface area contributed by atoms with Crippen LogP contribution in [0.15, 0.2) is 42.6 Å². The Morgan fingerprint density at radius 1 is 1.35 bits per heavy atom. The quantitative estimate of drug-likeness (QED) is 0.895. The standard InChI is InChI=1S/C16H19N3O/c1-11-5-3-4-6-15(11)12(2)19-16(20)13-7-8-18-14(9-13)10-17/h3-9,12H,10,17H2,1-2H3,(H,19,20)/t12-/m0/s1. The summed E-state index contributed by atoms with van der Waals surface area (Å²) in [5.41, 5.74) is 9.11. The maximum Gasteiger partial charge on any atom is 0.251 e. The van der Waals surface area contributed by atoms with Crippen molar-refractivity contribution in [3.05, 3.63) is 65.0 Å². The lowest BCUT2D eigenvalue weighted by atomic mass is 10.0. The van der Waals surface area contributed by atoms with Gasteiger partial charge in [-0.05, 0) is 37.1 Å². The first-order valence-corrected chi connectivity index (χ1v) is 6.63. The summed E-state index contributed by atoms with van der Waals surface area (Å²) in [5.74, 6) is -0.113. The van der Waals surface area contributed by atoms with Crippen LogP contribution in [0.3, 0.4) is 0 Å². The van der Waals surface area contributed by atoms with E-state index in [4.69, 9.17) is 5.73 Å². The van der Waals surface area contributed by atoms with Crippen LogP contribution < -0.4 is 11.1 Å². The normalized spacial score (nSPS) is 11.9. The molecule has 2 aromatic rings. The van der Waals surface area contributed by atoms with Gasteiger partial charge in [0.25, 0.3) is 5.91 Å². The number of aromatic nitrogens is 1. The lowest BCUT2D eigenvalue weighted by Crippen LogP contribution is -2.27. The van der Waals surface area contributed by atoms with Crippen LogP contribution in [-0.2, 0) is 6.54 Å². The molecule has 20 heavy (non-hydrogen) atoms. The highest BCUT2D eigenvalue weighted by molar-refractivity contribution is 5.94. The fourth-order valence-corrected chi connectivity index (χ4v) is 2.16. The molecule has 4 heteroatoms. The topological polar surface area (TPSA) is 68.0 Å². The average molecular weight is 269 g/mol. The minimum Gasteiger partial charge on any atom is -0.346 e. The second kappa shape index (κ2) is 6.30. The van der Waals surface area contributed by atoms with E-state index in [1.807, 2.05) is 38.1 Å². The van der Waals surface area contributed by atoms with Gasteiger partial charge in [0.05, 0.1) is 11.7 Å². The molecule has 0 fully saturated rings. The fourth-order valence-electron chi connectivity index (χ4n) is 2.16. The van der Waals surface area contributed by atoms with E-state index in [2.05, 4.69) is 10.3 Å². The molecule has 2 rings (SSSR count). The molecule has 0 aliphatic carbocycles. The molecule has 1 aromatic carbocycles. The molecule has 0 saturated carbocycles. The first-order chi connectivity index (χ1) is 9.61. The third-order valence-corrected chi connectivity index (χ3v) is 3.29. The van der Waals surface area contributed by atoms with Gasteiger partial charge in [-0.25, -0.2) is 0 Å². The van der Waals surface area contributed by atoms with Crippen molar-refractivity contribution in [1.29, 1.82) is 0 Å². The van der Waals surface area contributed by atoms with Crippen LogP contribution in [-0.4, -0.2) is 10.9 Å². The van der Waals surface area contributed by atoms with Crippen LogP contribution in [0.4, 0.5) is 0 Å². The van der Waals surface area contributed by atoms with Crippen LogP contribution in [0.1, 0.15) is 40.1 Å². The summed E-state index contributed by atoms with van der Waals surface area (Å²) >= 11 is 0. The zero-order valence-electron chi connectivity index (χ0n) is 11.8. The Bertz CT molecular complexity index is 610. The van der Waals surface area contributed by atoms with Gasteiger partial charge < -0.3 is 11.1 Å². The van der Waals surface area contributed by atoms with Gasteiger partial charge in [-0.15, -0.1) is 0 Å². The van der Waals surface area contributed by atoms with E-state index in [0.29, 0.717) is 17.8 Å². The molecule has 1 heterocycles. The molecule has 1 atom stereocenters. The number of nitrogens with zero attached hydrogens (tertiary/aromatic N) is 1.